The number of piperidine rings is 1. The van der Waals surface area contributed by atoms with Crippen molar-refractivity contribution in [1.29, 1.82) is 0 Å². The van der Waals surface area contributed by atoms with Crippen molar-refractivity contribution in [2.24, 2.45) is 5.73 Å². The average Bonchev–Trinajstić information content (AvgIpc) is 2.65. The van der Waals surface area contributed by atoms with Gasteiger partial charge in [-0.05, 0) is 19.4 Å². The van der Waals surface area contributed by atoms with E-state index in [-0.39, 0.29) is 5.41 Å². The third-order valence-corrected chi connectivity index (χ3v) is 3.19. The van der Waals surface area contributed by atoms with Crippen LogP contribution in [0.2, 0.25) is 0 Å². The minimum absolute atomic E-state index is 0.0313. The highest BCUT2D eigenvalue weighted by atomic mass is 16.4. The molecule has 1 aliphatic heterocycles. The lowest BCUT2D eigenvalue weighted by molar-refractivity contribution is 0.182. The van der Waals surface area contributed by atoms with Crippen molar-refractivity contribution in [3.05, 3.63) is 17.8 Å². The molecule has 0 radical (unpaired) electrons. The number of likely N-dealkylation sites (tertiary alicyclic amines) is 1. The molecule has 4 heteroatoms. The van der Waals surface area contributed by atoms with Gasteiger partial charge in [-0.2, -0.15) is 0 Å². The van der Waals surface area contributed by atoms with Gasteiger partial charge in [0.05, 0.1) is 12.7 Å². The van der Waals surface area contributed by atoms with Crippen LogP contribution in [0, 0.1) is 0 Å². The lowest BCUT2D eigenvalue weighted by atomic mass is 9.94. The first-order valence-corrected chi connectivity index (χ1v) is 6.38. The highest BCUT2D eigenvalue weighted by Crippen LogP contribution is 2.23. The van der Waals surface area contributed by atoms with Gasteiger partial charge in [0.25, 0.3) is 0 Å². The smallest absolute Gasteiger partial charge is 0.208 e. The Balaban J connectivity index is 1.97. The third-order valence-electron chi connectivity index (χ3n) is 3.19. The average molecular weight is 237 g/mol. The van der Waals surface area contributed by atoms with Gasteiger partial charge in [-0.3, -0.25) is 4.90 Å². The van der Waals surface area contributed by atoms with Crippen molar-refractivity contribution < 1.29 is 4.42 Å². The second kappa shape index (κ2) is 4.78. The van der Waals surface area contributed by atoms with Crippen LogP contribution in [0.25, 0.3) is 0 Å². The summed E-state index contributed by atoms with van der Waals surface area (Å²) in [6.45, 7) is 9.23. The number of hydrogen-bond donors (Lipinski definition) is 1. The van der Waals surface area contributed by atoms with Gasteiger partial charge in [-0.15, -0.1) is 0 Å². The molecule has 1 fully saturated rings. The van der Waals surface area contributed by atoms with Crippen molar-refractivity contribution in [2.75, 3.05) is 13.1 Å². The third kappa shape index (κ3) is 3.30. The molecule has 96 valence electrons. The molecule has 1 aromatic rings. The van der Waals surface area contributed by atoms with Crippen LogP contribution in [0.4, 0.5) is 0 Å². The van der Waals surface area contributed by atoms with Crippen LogP contribution in [-0.4, -0.2) is 29.0 Å². The van der Waals surface area contributed by atoms with E-state index in [9.17, 15) is 0 Å². The van der Waals surface area contributed by atoms with Crippen molar-refractivity contribution in [1.82, 2.24) is 9.88 Å². The summed E-state index contributed by atoms with van der Waals surface area (Å²) in [5.41, 5.74) is 5.99. The van der Waals surface area contributed by atoms with Crippen LogP contribution in [0.1, 0.15) is 45.3 Å². The first-order chi connectivity index (χ1) is 7.95. The van der Waals surface area contributed by atoms with E-state index in [2.05, 4.69) is 30.7 Å². The topological polar surface area (TPSA) is 55.3 Å². The maximum atomic E-state index is 5.96. The molecule has 0 amide bonds. The van der Waals surface area contributed by atoms with Gasteiger partial charge in [0.1, 0.15) is 5.76 Å². The standard InChI is InChI=1S/C13H23N3O/c1-13(2,3)11-7-15-12(17-11)9-16-6-4-5-10(14)8-16/h7,10H,4-6,8-9,14H2,1-3H3. The number of oxazole rings is 1. The van der Waals surface area contributed by atoms with E-state index < -0.39 is 0 Å². The lowest BCUT2D eigenvalue weighted by Crippen LogP contribution is -2.42. The molecule has 0 aliphatic carbocycles. The molecular weight excluding hydrogens is 214 g/mol. The van der Waals surface area contributed by atoms with Gasteiger partial charge in [-0.25, -0.2) is 4.98 Å². The molecule has 1 saturated heterocycles. The fourth-order valence-electron chi connectivity index (χ4n) is 2.16. The summed E-state index contributed by atoms with van der Waals surface area (Å²) in [7, 11) is 0. The van der Waals surface area contributed by atoms with Crippen molar-refractivity contribution >= 4 is 0 Å². The highest BCUT2D eigenvalue weighted by Gasteiger charge is 2.22. The zero-order chi connectivity index (χ0) is 12.5. The van der Waals surface area contributed by atoms with Gasteiger partial charge in [0, 0.05) is 18.0 Å². The van der Waals surface area contributed by atoms with Crippen molar-refractivity contribution in [3.63, 3.8) is 0 Å². The molecule has 2 heterocycles. The first kappa shape index (κ1) is 12.6. The summed E-state index contributed by atoms with van der Waals surface area (Å²) in [6, 6.07) is 0.306. The maximum Gasteiger partial charge on any atom is 0.208 e. The summed E-state index contributed by atoms with van der Waals surface area (Å²) < 4.78 is 5.79. The quantitative estimate of drug-likeness (QED) is 0.853. The Morgan fingerprint density at radius 3 is 2.88 bits per heavy atom. The van der Waals surface area contributed by atoms with E-state index in [1.54, 1.807) is 0 Å². The number of hydrogen-bond acceptors (Lipinski definition) is 4. The summed E-state index contributed by atoms with van der Waals surface area (Å²) in [5.74, 6) is 1.76. The Morgan fingerprint density at radius 2 is 2.29 bits per heavy atom. The van der Waals surface area contributed by atoms with Gasteiger partial charge < -0.3 is 10.2 Å². The molecule has 1 unspecified atom stereocenters. The fourth-order valence-corrected chi connectivity index (χ4v) is 2.16. The number of rotatable bonds is 2. The zero-order valence-corrected chi connectivity index (χ0v) is 11.1. The monoisotopic (exact) mass is 237 g/mol. The van der Waals surface area contributed by atoms with Crippen LogP contribution >= 0.6 is 0 Å². The Morgan fingerprint density at radius 1 is 1.53 bits per heavy atom. The molecule has 0 saturated carbocycles. The Labute approximate surface area is 103 Å². The Kier molecular flexibility index (Phi) is 3.54. The second-order valence-electron chi connectivity index (χ2n) is 6.01. The largest absolute Gasteiger partial charge is 0.444 e. The van der Waals surface area contributed by atoms with E-state index in [1.807, 2.05) is 6.20 Å². The molecule has 2 N–H and O–H groups in total. The highest BCUT2D eigenvalue weighted by molar-refractivity contribution is 5.06. The second-order valence-corrected chi connectivity index (χ2v) is 6.01. The maximum absolute atomic E-state index is 5.96. The first-order valence-electron chi connectivity index (χ1n) is 6.38. The molecule has 0 spiro atoms. The van der Waals surface area contributed by atoms with Crippen LogP contribution in [0.3, 0.4) is 0 Å². The molecule has 0 aromatic carbocycles. The lowest BCUT2D eigenvalue weighted by Gasteiger charge is -2.29. The van der Waals surface area contributed by atoms with Gasteiger partial charge in [0.15, 0.2) is 0 Å². The fraction of sp³-hybridized carbons (Fsp3) is 0.769. The molecule has 4 nitrogen and oxygen atoms in total. The molecule has 1 atom stereocenters. The van der Waals surface area contributed by atoms with E-state index >= 15 is 0 Å². The molecule has 0 bridgehead atoms. The zero-order valence-electron chi connectivity index (χ0n) is 11.1. The number of nitrogens with two attached hydrogens (primary N) is 1. The minimum Gasteiger partial charge on any atom is -0.444 e. The van der Waals surface area contributed by atoms with Gasteiger partial charge in [-0.1, -0.05) is 20.8 Å². The Hall–Kier alpha value is -0.870. The van der Waals surface area contributed by atoms with E-state index in [4.69, 9.17) is 10.2 Å². The number of nitrogens with zero attached hydrogens (tertiary/aromatic N) is 2. The van der Waals surface area contributed by atoms with Crippen LogP contribution in [0.15, 0.2) is 10.6 Å². The number of aromatic nitrogens is 1. The summed E-state index contributed by atoms with van der Waals surface area (Å²) in [4.78, 5) is 6.68. The predicted octanol–water partition coefficient (Wildman–Crippen LogP) is 1.90. The normalized spacial score (nSPS) is 22.9. The Bertz CT molecular complexity index is 367. The minimum atomic E-state index is 0.0313. The van der Waals surface area contributed by atoms with Crippen molar-refractivity contribution in [2.45, 2.75) is 51.6 Å². The molecule has 1 aromatic heterocycles. The van der Waals surface area contributed by atoms with Crippen molar-refractivity contribution in [3.8, 4) is 0 Å². The summed E-state index contributed by atoms with van der Waals surface area (Å²) in [6.07, 6.45) is 4.16. The molecule has 17 heavy (non-hydrogen) atoms. The van der Waals surface area contributed by atoms with E-state index in [1.165, 1.54) is 6.42 Å². The molecule has 1 aliphatic rings. The summed E-state index contributed by atoms with van der Waals surface area (Å²) in [5, 5.41) is 0. The molecular formula is C13H23N3O. The van der Waals surface area contributed by atoms with Crippen LogP contribution < -0.4 is 5.73 Å². The summed E-state index contributed by atoms with van der Waals surface area (Å²) >= 11 is 0. The van der Waals surface area contributed by atoms with Crippen LogP contribution in [0.5, 0.6) is 0 Å². The SMILES string of the molecule is CC(C)(C)c1cnc(CN2CCCC(N)C2)o1. The van der Waals surface area contributed by atoms with E-state index in [0.717, 1.165) is 37.7 Å². The van der Waals surface area contributed by atoms with Gasteiger partial charge >= 0.3 is 0 Å². The van der Waals surface area contributed by atoms with Gasteiger partial charge in [0.2, 0.25) is 5.89 Å². The van der Waals surface area contributed by atoms with Crippen LogP contribution in [-0.2, 0) is 12.0 Å². The predicted molar refractivity (Wildman–Crippen MR) is 67.7 cm³/mol. The van der Waals surface area contributed by atoms with E-state index in [0.29, 0.717) is 6.04 Å². The molecule has 2 rings (SSSR count).